The Kier molecular flexibility index (Phi) is 4.31. The highest BCUT2D eigenvalue weighted by Crippen LogP contribution is 2.24. The van der Waals surface area contributed by atoms with Gasteiger partial charge in [-0.2, -0.15) is 0 Å². The van der Waals surface area contributed by atoms with Crippen molar-refractivity contribution >= 4 is 5.57 Å². The van der Waals surface area contributed by atoms with E-state index in [0.717, 1.165) is 13.0 Å². The number of hydrogen-bond donors (Lipinski definition) is 0. The number of hydrogen-bond acceptors (Lipinski definition) is 1. The van der Waals surface area contributed by atoms with Gasteiger partial charge in [-0.05, 0) is 69.1 Å². The summed E-state index contributed by atoms with van der Waals surface area (Å²) in [4.78, 5) is 2.20. The molecule has 0 bridgehead atoms. The van der Waals surface area contributed by atoms with Crippen LogP contribution in [0.3, 0.4) is 0 Å². The maximum atomic E-state index is 4.20. The quantitative estimate of drug-likeness (QED) is 0.745. The molecular formula is C15H23N. The van der Waals surface area contributed by atoms with E-state index >= 15 is 0 Å². The van der Waals surface area contributed by atoms with Gasteiger partial charge in [0.05, 0.1) is 0 Å². The lowest BCUT2D eigenvalue weighted by Gasteiger charge is -2.15. The van der Waals surface area contributed by atoms with Crippen molar-refractivity contribution in [3.8, 4) is 0 Å². The lowest BCUT2D eigenvalue weighted by atomic mass is 9.93. The molecule has 0 atom stereocenters. The zero-order valence-electron chi connectivity index (χ0n) is 11.2. The summed E-state index contributed by atoms with van der Waals surface area (Å²) in [5.41, 5.74) is 6.70. The fraction of sp³-hybridized carbons (Fsp3) is 0.467. The fourth-order valence-electron chi connectivity index (χ4n) is 1.83. The van der Waals surface area contributed by atoms with Gasteiger partial charge in [0.15, 0.2) is 0 Å². The van der Waals surface area contributed by atoms with Gasteiger partial charge in [-0.1, -0.05) is 18.7 Å². The molecule has 16 heavy (non-hydrogen) atoms. The van der Waals surface area contributed by atoms with Crippen molar-refractivity contribution < 1.29 is 0 Å². The molecule has 0 spiro atoms. The average molecular weight is 217 g/mol. The Balaban J connectivity index is 2.88. The zero-order valence-corrected chi connectivity index (χ0v) is 11.2. The van der Waals surface area contributed by atoms with Gasteiger partial charge in [-0.25, -0.2) is 0 Å². The topological polar surface area (TPSA) is 3.24 Å². The number of rotatable bonds is 4. The molecule has 0 aliphatic rings. The Hall–Kier alpha value is -1.08. The molecular weight excluding hydrogens is 194 g/mol. The summed E-state index contributed by atoms with van der Waals surface area (Å²) in [6.07, 6.45) is 1.04. The third-order valence-electron chi connectivity index (χ3n) is 3.30. The van der Waals surface area contributed by atoms with Crippen molar-refractivity contribution in [3.63, 3.8) is 0 Å². The maximum absolute atomic E-state index is 4.20. The second kappa shape index (κ2) is 5.31. The van der Waals surface area contributed by atoms with Crippen molar-refractivity contribution in [3.05, 3.63) is 41.0 Å². The summed E-state index contributed by atoms with van der Waals surface area (Å²) in [6, 6.07) is 4.40. The Bertz CT molecular complexity index is 389. The first kappa shape index (κ1) is 13.0. The largest absolute Gasteiger partial charge is 0.309 e. The molecule has 0 saturated heterocycles. The normalized spacial score (nSPS) is 10.9. The van der Waals surface area contributed by atoms with E-state index in [4.69, 9.17) is 0 Å². The molecule has 0 unspecified atom stereocenters. The first-order valence-electron chi connectivity index (χ1n) is 5.83. The second-order valence-electron chi connectivity index (χ2n) is 4.84. The van der Waals surface area contributed by atoms with Crippen LogP contribution in [0, 0.1) is 20.8 Å². The number of benzene rings is 1. The minimum atomic E-state index is 1.04. The highest BCUT2D eigenvalue weighted by molar-refractivity contribution is 5.68. The molecule has 1 aromatic carbocycles. The molecule has 1 aromatic rings. The molecule has 0 amide bonds. The Labute approximate surface area is 99.8 Å². The minimum absolute atomic E-state index is 1.04. The van der Waals surface area contributed by atoms with E-state index in [1.54, 1.807) is 0 Å². The van der Waals surface area contributed by atoms with Crippen molar-refractivity contribution in [2.45, 2.75) is 27.2 Å². The van der Waals surface area contributed by atoms with E-state index in [0.29, 0.717) is 0 Å². The van der Waals surface area contributed by atoms with E-state index in [-0.39, 0.29) is 0 Å². The maximum Gasteiger partial charge on any atom is 0.00157 e. The number of nitrogens with zero attached hydrogens (tertiary/aromatic N) is 1. The summed E-state index contributed by atoms with van der Waals surface area (Å²) in [6.45, 7) is 11.8. The molecule has 1 heteroatoms. The van der Waals surface area contributed by atoms with Crippen LogP contribution in [0.25, 0.3) is 5.57 Å². The first-order chi connectivity index (χ1) is 7.43. The van der Waals surface area contributed by atoms with E-state index in [9.17, 15) is 0 Å². The van der Waals surface area contributed by atoms with Crippen LogP contribution in [0.2, 0.25) is 0 Å². The van der Waals surface area contributed by atoms with Gasteiger partial charge in [-0.15, -0.1) is 0 Å². The smallest absolute Gasteiger partial charge is 0.00157 e. The minimum Gasteiger partial charge on any atom is -0.309 e. The highest BCUT2D eigenvalue weighted by atomic mass is 15.0. The molecule has 0 saturated carbocycles. The summed E-state index contributed by atoms with van der Waals surface area (Å²) < 4.78 is 0. The van der Waals surface area contributed by atoms with Crippen molar-refractivity contribution in [1.29, 1.82) is 0 Å². The standard InChI is InChI=1S/C15H23N/c1-11-7-8-15(14(4)13(11)3)12(2)9-10-16(5)6/h7-8H,2,9-10H2,1,3-6H3. The van der Waals surface area contributed by atoms with Gasteiger partial charge in [0.1, 0.15) is 0 Å². The van der Waals surface area contributed by atoms with Gasteiger partial charge in [0, 0.05) is 6.54 Å². The Morgan fingerprint density at radius 1 is 1.12 bits per heavy atom. The summed E-state index contributed by atoms with van der Waals surface area (Å²) in [5.74, 6) is 0. The molecule has 0 heterocycles. The van der Waals surface area contributed by atoms with Crippen LogP contribution in [0.1, 0.15) is 28.7 Å². The van der Waals surface area contributed by atoms with Crippen LogP contribution in [-0.4, -0.2) is 25.5 Å². The molecule has 0 N–H and O–H groups in total. The van der Waals surface area contributed by atoms with Crippen LogP contribution >= 0.6 is 0 Å². The molecule has 0 fully saturated rings. The van der Waals surface area contributed by atoms with Gasteiger partial charge in [-0.3, -0.25) is 0 Å². The van der Waals surface area contributed by atoms with Gasteiger partial charge < -0.3 is 4.90 Å². The Morgan fingerprint density at radius 2 is 1.75 bits per heavy atom. The van der Waals surface area contributed by atoms with Crippen molar-refractivity contribution in [1.82, 2.24) is 4.90 Å². The first-order valence-corrected chi connectivity index (χ1v) is 5.83. The average Bonchev–Trinajstić information content (AvgIpc) is 2.23. The van der Waals surface area contributed by atoms with Crippen LogP contribution in [0.4, 0.5) is 0 Å². The Morgan fingerprint density at radius 3 is 2.31 bits per heavy atom. The molecule has 0 aliphatic carbocycles. The third kappa shape index (κ3) is 2.96. The van der Waals surface area contributed by atoms with E-state index in [1.165, 1.54) is 27.8 Å². The van der Waals surface area contributed by atoms with Gasteiger partial charge in [0.2, 0.25) is 0 Å². The predicted molar refractivity (Wildman–Crippen MR) is 72.9 cm³/mol. The van der Waals surface area contributed by atoms with Crippen LogP contribution in [-0.2, 0) is 0 Å². The lowest BCUT2D eigenvalue weighted by Crippen LogP contribution is -2.13. The number of aryl methyl sites for hydroxylation is 1. The van der Waals surface area contributed by atoms with Crippen LogP contribution < -0.4 is 0 Å². The lowest BCUT2D eigenvalue weighted by molar-refractivity contribution is 0.419. The fourth-order valence-corrected chi connectivity index (χ4v) is 1.83. The molecule has 0 radical (unpaired) electrons. The summed E-state index contributed by atoms with van der Waals surface area (Å²) in [7, 11) is 4.20. The second-order valence-corrected chi connectivity index (χ2v) is 4.84. The SMILES string of the molecule is C=C(CCN(C)C)c1ccc(C)c(C)c1C. The zero-order chi connectivity index (χ0) is 12.3. The van der Waals surface area contributed by atoms with E-state index in [1.807, 2.05) is 0 Å². The molecule has 1 rings (SSSR count). The van der Waals surface area contributed by atoms with Gasteiger partial charge >= 0.3 is 0 Å². The van der Waals surface area contributed by atoms with E-state index < -0.39 is 0 Å². The van der Waals surface area contributed by atoms with Crippen molar-refractivity contribution in [2.75, 3.05) is 20.6 Å². The highest BCUT2D eigenvalue weighted by Gasteiger charge is 2.06. The molecule has 88 valence electrons. The summed E-state index contributed by atoms with van der Waals surface area (Å²) >= 11 is 0. The molecule has 0 aromatic heterocycles. The monoisotopic (exact) mass is 217 g/mol. The summed E-state index contributed by atoms with van der Waals surface area (Å²) in [5, 5.41) is 0. The van der Waals surface area contributed by atoms with E-state index in [2.05, 4.69) is 58.5 Å². The third-order valence-corrected chi connectivity index (χ3v) is 3.30. The van der Waals surface area contributed by atoms with Crippen LogP contribution in [0.5, 0.6) is 0 Å². The molecule has 1 nitrogen and oxygen atoms in total. The van der Waals surface area contributed by atoms with Crippen LogP contribution in [0.15, 0.2) is 18.7 Å². The predicted octanol–water partition coefficient (Wildman–Crippen LogP) is 3.58. The molecule has 0 aliphatic heterocycles. The van der Waals surface area contributed by atoms with Crippen molar-refractivity contribution in [2.24, 2.45) is 0 Å². The van der Waals surface area contributed by atoms with Gasteiger partial charge in [0.25, 0.3) is 0 Å².